The molecule has 1 aliphatic rings. The fourth-order valence-corrected chi connectivity index (χ4v) is 3.67. The number of urea groups is 1. The van der Waals surface area contributed by atoms with Crippen molar-refractivity contribution >= 4 is 44.9 Å². The molecule has 0 aromatic heterocycles. The van der Waals surface area contributed by atoms with Crippen LogP contribution in [-0.4, -0.2) is 44.0 Å². The van der Waals surface area contributed by atoms with Crippen LogP contribution in [0.25, 0.3) is 0 Å². The maximum absolute atomic E-state index is 13.1. The molecule has 28 heavy (non-hydrogen) atoms. The van der Waals surface area contributed by atoms with Crippen LogP contribution in [0.5, 0.6) is 0 Å². The Bertz CT molecular complexity index is 863. The highest BCUT2D eigenvalue weighted by molar-refractivity contribution is 9.10. The summed E-state index contributed by atoms with van der Waals surface area (Å²) in [6.45, 7) is 1.57. The second-order valence-corrected chi connectivity index (χ2v) is 7.89. The quantitative estimate of drug-likeness (QED) is 0.712. The number of carbonyl (C=O) groups is 2. The number of likely N-dealkylation sites (tertiary alicyclic amines) is 1. The van der Waals surface area contributed by atoms with Gasteiger partial charge in [-0.2, -0.15) is 0 Å². The lowest BCUT2D eigenvalue weighted by atomic mass is 10.1. The van der Waals surface area contributed by atoms with Gasteiger partial charge in [-0.05, 0) is 65.5 Å². The zero-order chi connectivity index (χ0) is 20.1. The molecular weight excluding hydrogens is 420 g/mol. The Labute approximate surface area is 174 Å². The number of nitrogens with zero attached hydrogens (tertiary/aromatic N) is 2. The van der Waals surface area contributed by atoms with E-state index in [1.54, 1.807) is 6.07 Å². The SMILES string of the molecule is CN(C)c1ccc(NC(=O)Nc2ccccc2Br)cc1C(=O)N1CCCCC1. The molecule has 2 aromatic rings. The minimum Gasteiger partial charge on any atom is -0.377 e. The molecule has 0 saturated carbocycles. The number of halogens is 1. The predicted molar refractivity (Wildman–Crippen MR) is 117 cm³/mol. The largest absolute Gasteiger partial charge is 0.377 e. The van der Waals surface area contributed by atoms with E-state index in [9.17, 15) is 9.59 Å². The summed E-state index contributed by atoms with van der Waals surface area (Å²) in [7, 11) is 3.82. The summed E-state index contributed by atoms with van der Waals surface area (Å²) in [6, 6.07) is 12.5. The summed E-state index contributed by atoms with van der Waals surface area (Å²) in [5, 5.41) is 5.63. The van der Waals surface area contributed by atoms with E-state index in [1.165, 1.54) is 6.42 Å². The third-order valence-electron chi connectivity index (χ3n) is 4.73. The van der Waals surface area contributed by atoms with Gasteiger partial charge in [0, 0.05) is 43.0 Å². The Morgan fingerprint density at radius 3 is 2.39 bits per heavy atom. The van der Waals surface area contributed by atoms with Crippen molar-refractivity contribution in [3.05, 3.63) is 52.5 Å². The van der Waals surface area contributed by atoms with Crippen LogP contribution < -0.4 is 15.5 Å². The van der Waals surface area contributed by atoms with Crippen molar-refractivity contribution < 1.29 is 9.59 Å². The maximum atomic E-state index is 13.1. The number of amides is 3. The van der Waals surface area contributed by atoms with Crippen LogP contribution in [0.4, 0.5) is 21.9 Å². The van der Waals surface area contributed by atoms with E-state index in [0.29, 0.717) is 16.9 Å². The summed E-state index contributed by atoms with van der Waals surface area (Å²) >= 11 is 3.41. The number of hydrogen-bond acceptors (Lipinski definition) is 3. The van der Waals surface area contributed by atoms with Gasteiger partial charge in [0.2, 0.25) is 0 Å². The first-order valence-electron chi connectivity index (χ1n) is 9.39. The Kier molecular flexibility index (Phi) is 6.57. The molecule has 1 fully saturated rings. The van der Waals surface area contributed by atoms with Gasteiger partial charge in [0.25, 0.3) is 5.91 Å². The number of carbonyl (C=O) groups excluding carboxylic acids is 2. The lowest BCUT2D eigenvalue weighted by Gasteiger charge is -2.28. The van der Waals surface area contributed by atoms with Crippen molar-refractivity contribution in [2.45, 2.75) is 19.3 Å². The van der Waals surface area contributed by atoms with E-state index >= 15 is 0 Å². The van der Waals surface area contributed by atoms with E-state index in [0.717, 1.165) is 36.1 Å². The van der Waals surface area contributed by atoms with Gasteiger partial charge in [0.1, 0.15) is 0 Å². The molecule has 7 heteroatoms. The monoisotopic (exact) mass is 444 g/mol. The fraction of sp³-hybridized carbons (Fsp3) is 0.333. The third-order valence-corrected chi connectivity index (χ3v) is 5.42. The van der Waals surface area contributed by atoms with Crippen LogP contribution in [0.15, 0.2) is 46.9 Å². The van der Waals surface area contributed by atoms with Gasteiger partial charge in [0.15, 0.2) is 0 Å². The minimum atomic E-state index is -0.360. The van der Waals surface area contributed by atoms with E-state index in [-0.39, 0.29) is 11.9 Å². The summed E-state index contributed by atoms with van der Waals surface area (Å²) < 4.78 is 0.800. The molecule has 148 valence electrons. The van der Waals surface area contributed by atoms with Gasteiger partial charge >= 0.3 is 6.03 Å². The first-order chi connectivity index (χ1) is 13.5. The van der Waals surface area contributed by atoms with Crippen molar-refractivity contribution in [1.29, 1.82) is 0 Å². The molecular formula is C21H25BrN4O2. The predicted octanol–water partition coefficient (Wildman–Crippen LogP) is 4.79. The van der Waals surface area contributed by atoms with Crippen molar-refractivity contribution in [2.24, 2.45) is 0 Å². The molecule has 0 aliphatic carbocycles. The summed E-state index contributed by atoms with van der Waals surface area (Å²) in [4.78, 5) is 29.3. The highest BCUT2D eigenvalue weighted by atomic mass is 79.9. The molecule has 3 amide bonds. The Hall–Kier alpha value is -2.54. The standard InChI is InChI=1S/C21H25BrN4O2/c1-25(2)19-11-10-15(14-16(19)20(27)26-12-6-3-7-13-26)23-21(28)24-18-9-5-4-8-17(18)22/h4-5,8-11,14H,3,6-7,12-13H2,1-2H3,(H2,23,24,28). The van der Waals surface area contributed by atoms with E-state index in [1.807, 2.05) is 60.3 Å². The van der Waals surface area contributed by atoms with Crippen LogP contribution in [0.2, 0.25) is 0 Å². The van der Waals surface area contributed by atoms with E-state index in [4.69, 9.17) is 0 Å². The zero-order valence-corrected chi connectivity index (χ0v) is 17.8. The van der Waals surface area contributed by atoms with Crippen LogP contribution in [0.1, 0.15) is 29.6 Å². The van der Waals surface area contributed by atoms with Gasteiger partial charge in [0.05, 0.1) is 11.3 Å². The van der Waals surface area contributed by atoms with Gasteiger partial charge in [-0.1, -0.05) is 12.1 Å². The smallest absolute Gasteiger partial charge is 0.323 e. The zero-order valence-electron chi connectivity index (χ0n) is 16.2. The second-order valence-electron chi connectivity index (χ2n) is 7.04. The first-order valence-corrected chi connectivity index (χ1v) is 10.2. The average Bonchev–Trinajstić information content (AvgIpc) is 2.69. The Balaban J connectivity index is 1.79. The van der Waals surface area contributed by atoms with E-state index < -0.39 is 0 Å². The van der Waals surface area contributed by atoms with Gasteiger partial charge in [-0.15, -0.1) is 0 Å². The first kappa shape index (κ1) is 20.2. The number of para-hydroxylation sites is 1. The maximum Gasteiger partial charge on any atom is 0.323 e. The summed E-state index contributed by atoms with van der Waals surface area (Å²) in [5.74, 6) is 0.0123. The highest BCUT2D eigenvalue weighted by Gasteiger charge is 2.22. The molecule has 2 aromatic carbocycles. The summed E-state index contributed by atoms with van der Waals surface area (Å²) in [5.41, 5.74) is 2.70. The molecule has 0 unspecified atom stereocenters. The molecule has 1 heterocycles. The highest BCUT2D eigenvalue weighted by Crippen LogP contribution is 2.26. The average molecular weight is 445 g/mol. The number of nitrogens with one attached hydrogen (secondary N) is 2. The molecule has 0 spiro atoms. The lowest BCUT2D eigenvalue weighted by Crippen LogP contribution is -2.36. The van der Waals surface area contributed by atoms with Crippen molar-refractivity contribution in [3.8, 4) is 0 Å². The second kappa shape index (κ2) is 9.10. The van der Waals surface area contributed by atoms with Crippen LogP contribution in [0, 0.1) is 0 Å². The lowest BCUT2D eigenvalue weighted by molar-refractivity contribution is 0.0725. The van der Waals surface area contributed by atoms with Crippen molar-refractivity contribution in [2.75, 3.05) is 42.7 Å². The number of hydrogen-bond donors (Lipinski definition) is 2. The molecule has 3 rings (SSSR count). The van der Waals surface area contributed by atoms with Crippen LogP contribution in [0.3, 0.4) is 0 Å². The number of anilines is 3. The Morgan fingerprint density at radius 2 is 1.71 bits per heavy atom. The Morgan fingerprint density at radius 1 is 1.00 bits per heavy atom. The van der Waals surface area contributed by atoms with E-state index in [2.05, 4.69) is 26.6 Å². The molecule has 0 atom stereocenters. The van der Waals surface area contributed by atoms with Crippen molar-refractivity contribution in [1.82, 2.24) is 4.90 Å². The van der Waals surface area contributed by atoms with Crippen LogP contribution in [-0.2, 0) is 0 Å². The van der Waals surface area contributed by atoms with Gasteiger partial charge in [-0.3, -0.25) is 4.79 Å². The third kappa shape index (κ3) is 4.84. The topological polar surface area (TPSA) is 64.7 Å². The van der Waals surface area contributed by atoms with Crippen molar-refractivity contribution in [3.63, 3.8) is 0 Å². The number of rotatable bonds is 4. The summed E-state index contributed by atoms with van der Waals surface area (Å²) in [6.07, 6.45) is 3.24. The molecule has 1 saturated heterocycles. The molecule has 6 nitrogen and oxygen atoms in total. The normalized spacial score (nSPS) is 13.8. The number of benzene rings is 2. The molecule has 1 aliphatic heterocycles. The molecule has 0 radical (unpaired) electrons. The fourth-order valence-electron chi connectivity index (χ4n) is 3.29. The molecule has 0 bridgehead atoms. The van der Waals surface area contributed by atoms with Crippen LogP contribution >= 0.6 is 15.9 Å². The van der Waals surface area contributed by atoms with Gasteiger partial charge < -0.3 is 20.4 Å². The molecule has 2 N–H and O–H groups in total. The number of piperidine rings is 1. The van der Waals surface area contributed by atoms with Gasteiger partial charge in [-0.25, -0.2) is 4.79 Å². The minimum absolute atomic E-state index is 0.0123.